The fraction of sp³-hybridized carbons (Fsp3) is 0.333. The number of anilines is 1. The van der Waals surface area contributed by atoms with Gasteiger partial charge in [0.1, 0.15) is 11.0 Å². The molecule has 1 aliphatic rings. The van der Waals surface area contributed by atoms with Gasteiger partial charge in [0.15, 0.2) is 0 Å². The third-order valence-electron chi connectivity index (χ3n) is 4.00. The van der Waals surface area contributed by atoms with Gasteiger partial charge in [-0.15, -0.1) is 0 Å². The lowest BCUT2D eigenvalue weighted by Crippen LogP contribution is -2.16. The molecule has 1 atom stereocenters. The summed E-state index contributed by atoms with van der Waals surface area (Å²) in [6.07, 6.45) is 2.81. The van der Waals surface area contributed by atoms with Crippen molar-refractivity contribution in [3.8, 4) is 0 Å². The number of benzene rings is 2. The Hall–Kier alpha value is -2.36. The van der Waals surface area contributed by atoms with E-state index in [0.717, 1.165) is 17.0 Å². The zero-order valence-corrected chi connectivity index (χ0v) is 13.1. The van der Waals surface area contributed by atoms with Gasteiger partial charge in [0.25, 0.3) is 0 Å². The maximum atomic E-state index is 3.88. The van der Waals surface area contributed by atoms with Crippen molar-refractivity contribution in [1.82, 2.24) is 15.4 Å². The molecule has 2 aromatic carbocycles. The summed E-state index contributed by atoms with van der Waals surface area (Å²) in [5.41, 5.74) is 4.41. The van der Waals surface area contributed by atoms with Crippen LogP contribution in [0.2, 0.25) is 0 Å². The Morgan fingerprint density at radius 2 is 1.59 bits per heavy atom. The molecule has 0 saturated heterocycles. The molecular formula is C18H22N4. The first-order chi connectivity index (χ1) is 10.7. The maximum Gasteiger partial charge on any atom is 0.112 e. The number of aromatic amines is 1. The van der Waals surface area contributed by atoms with Crippen molar-refractivity contribution >= 4 is 16.7 Å². The van der Waals surface area contributed by atoms with Crippen LogP contribution in [0.5, 0.6) is 0 Å². The monoisotopic (exact) mass is 294 g/mol. The van der Waals surface area contributed by atoms with Crippen molar-refractivity contribution in [3.05, 3.63) is 54.1 Å². The Morgan fingerprint density at radius 1 is 1.00 bits per heavy atom. The van der Waals surface area contributed by atoms with Gasteiger partial charge in [-0.25, -0.2) is 0 Å². The average molecular weight is 294 g/mol. The van der Waals surface area contributed by atoms with E-state index in [2.05, 4.69) is 58.8 Å². The second-order valence-electron chi connectivity index (χ2n) is 5.95. The first-order valence-electron chi connectivity index (χ1n) is 7.81. The minimum Gasteiger partial charge on any atom is -0.382 e. The zero-order chi connectivity index (χ0) is 15.4. The highest BCUT2D eigenvalue weighted by Gasteiger charge is 2.27. The van der Waals surface area contributed by atoms with Crippen LogP contribution in [-0.4, -0.2) is 21.5 Å². The van der Waals surface area contributed by atoms with Gasteiger partial charge >= 0.3 is 0 Å². The van der Waals surface area contributed by atoms with Crippen molar-refractivity contribution in [2.24, 2.45) is 5.92 Å². The molecule has 1 unspecified atom stereocenters. The van der Waals surface area contributed by atoms with Gasteiger partial charge in [-0.1, -0.05) is 29.8 Å². The number of para-hydroxylation sites is 2. The zero-order valence-electron chi connectivity index (χ0n) is 13.1. The number of nitrogens with one attached hydrogen (secondary N) is 2. The highest BCUT2D eigenvalue weighted by Crippen LogP contribution is 2.33. The lowest BCUT2D eigenvalue weighted by Gasteiger charge is -2.14. The van der Waals surface area contributed by atoms with Crippen LogP contribution in [0.3, 0.4) is 0 Å². The Kier molecular flexibility index (Phi) is 4.37. The first-order valence-corrected chi connectivity index (χ1v) is 7.81. The number of H-pyrrole nitrogens is 1. The van der Waals surface area contributed by atoms with Crippen LogP contribution in [0, 0.1) is 12.8 Å². The summed E-state index contributed by atoms with van der Waals surface area (Å²) >= 11 is 0. The third kappa shape index (κ3) is 3.85. The molecule has 2 N–H and O–H groups in total. The van der Waals surface area contributed by atoms with Gasteiger partial charge in [-0.3, -0.25) is 0 Å². The number of hydrogen-bond acceptors (Lipinski definition) is 3. The molecule has 1 saturated carbocycles. The number of hydrogen-bond donors (Lipinski definition) is 2. The number of aryl methyl sites for hydroxylation is 1. The molecule has 1 fully saturated rings. The Labute approximate surface area is 130 Å². The molecule has 4 heteroatoms. The lowest BCUT2D eigenvalue weighted by atomic mass is 10.2. The van der Waals surface area contributed by atoms with Crippen LogP contribution in [-0.2, 0) is 0 Å². The normalized spacial score (nSPS) is 15.0. The Bertz CT molecular complexity index is 683. The summed E-state index contributed by atoms with van der Waals surface area (Å²) < 4.78 is 0. The van der Waals surface area contributed by atoms with E-state index in [1.54, 1.807) is 0 Å². The molecule has 1 heterocycles. The lowest BCUT2D eigenvalue weighted by molar-refractivity contribution is 0.694. The molecule has 3 aromatic rings. The van der Waals surface area contributed by atoms with Crippen LogP contribution < -0.4 is 5.32 Å². The largest absolute Gasteiger partial charge is 0.382 e. The molecule has 22 heavy (non-hydrogen) atoms. The standard InChI is InChI=1S/C12H17N.C6H5N3/c1-9-3-7-12(8-4-9)13-10(2)11-5-6-11;1-2-4-6-5(3-1)7-9-8-6/h3-4,7-8,10-11,13H,5-6H2,1-2H3;1-4H,(H,7,8,9). The van der Waals surface area contributed by atoms with Gasteiger partial charge in [0, 0.05) is 11.7 Å². The van der Waals surface area contributed by atoms with E-state index < -0.39 is 0 Å². The summed E-state index contributed by atoms with van der Waals surface area (Å²) in [6.45, 7) is 4.39. The molecule has 0 amide bonds. The van der Waals surface area contributed by atoms with Gasteiger partial charge in [-0.2, -0.15) is 15.4 Å². The predicted octanol–water partition coefficient (Wildman–Crippen LogP) is 4.16. The topological polar surface area (TPSA) is 53.6 Å². The Morgan fingerprint density at radius 3 is 2.14 bits per heavy atom. The second-order valence-corrected chi connectivity index (χ2v) is 5.95. The summed E-state index contributed by atoms with van der Waals surface area (Å²) in [5.74, 6) is 0.918. The van der Waals surface area contributed by atoms with E-state index in [9.17, 15) is 0 Å². The SMILES string of the molecule is Cc1ccc(NC(C)C2CC2)cc1.c1ccc2n[nH]nc2c1. The van der Waals surface area contributed by atoms with Gasteiger partial charge in [0.2, 0.25) is 0 Å². The van der Waals surface area contributed by atoms with Crippen LogP contribution in [0.25, 0.3) is 11.0 Å². The van der Waals surface area contributed by atoms with Crippen molar-refractivity contribution in [2.75, 3.05) is 5.32 Å². The predicted molar refractivity (Wildman–Crippen MR) is 90.9 cm³/mol. The van der Waals surface area contributed by atoms with E-state index in [1.165, 1.54) is 24.1 Å². The molecule has 114 valence electrons. The molecule has 4 rings (SSSR count). The quantitative estimate of drug-likeness (QED) is 0.762. The summed E-state index contributed by atoms with van der Waals surface area (Å²) in [4.78, 5) is 0. The van der Waals surface area contributed by atoms with Crippen LogP contribution in [0.4, 0.5) is 5.69 Å². The number of rotatable bonds is 3. The minimum atomic E-state index is 0.641. The molecular weight excluding hydrogens is 272 g/mol. The third-order valence-corrected chi connectivity index (χ3v) is 4.00. The maximum absolute atomic E-state index is 3.88. The van der Waals surface area contributed by atoms with Crippen LogP contribution in [0.15, 0.2) is 48.5 Å². The molecule has 4 nitrogen and oxygen atoms in total. The molecule has 1 aliphatic carbocycles. The smallest absolute Gasteiger partial charge is 0.112 e. The second kappa shape index (κ2) is 6.60. The van der Waals surface area contributed by atoms with E-state index in [-0.39, 0.29) is 0 Å². The first kappa shape index (κ1) is 14.6. The molecule has 0 radical (unpaired) electrons. The fourth-order valence-corrected chi connectivity index (χ4v) is 2.41. The molecule has 0 aliphatic heterocycles. The van der Waals surface area contributed by atoms with E-state index in [4.69, 9.17) is 0 Å². The molecule has 0 spiro atoms. The average Bonchev–Trinajstić information content (AvgIpc) is 3.28. The molecule has 1 aromatic heterocycles. The summed E-state index contributed by atoms with van der Waals surface area (Å²) in [5, 5.41) is 13.8. The van der Waals surface area contributed by atoms with Crippen molar-refractivity contribution in [2.45, 2.75) is 32.7 Å². The number of nitrogens with zero attached hydrogens (tertiary/aromatic N) is 2. The van der Waals surface area contributed by atoms with Crippen molar-refractivity contribution in [3.63, 3.8) is 0 Å². The number of aromatic nitrogens is 3. The van der Waals surface area contributed by atoms with E-state index in [1.807, 2.05) is 24.3 Å². The van der Waals surface area contributed by atoms with Crippen molar-refractivity contribution < 1.29 is 0 Å². The van der Waals surface area contributed by atoms with Gasteiger partial charge in [-0.05, 0) is 56.9 Å². The van der Waals surface area contributed by atoms with Crippen molar-refractivity contribution in [1.29, 1.82) is 0 Å². The van der Waals surface area contributed by atoms with E-state index >= 15 is 0 Å². The Balaban J connectivity index is 0.000000139. The van der Waals surface area contributed by atoms with Crippen LogP contribution >= 0.6 is 0 Å². The number of fused-ring (bicyclic) bond motifs is 1. The highest BCUT2D eigenvalue weighted by molar-refractivity contribution is 5.72. The van der Waals surface area contributed by atoms with Gasteiger partial charge in [0.05, 0.1) is 0 Å². The van der Waals surface area contributed by atoms with Gasteiger partial charge < -0.3 is 5.32 Å². The molecule has 0 bridgehead atoms. The summed E-state index contributed by atoms with van der Waals surface area (Å²) in [7, 11) is 0. The van der Waals surface area contributed by atoms with Crippen LogP contribution in [0.1, 0.15) is 25.3 Å². The fourth-order valence-electron chi connectivity index (χ4n) is 2.41. The van der Waals surface area contributed by atoms with E-state index in [0.29, 0.717) is 6.04 Å². The minimum absolute atomic E-state index is 0.641. The highest BCUT2D eigenvalue weighted by atomic mass is 15.3. The summed E-state index contributed by atoms with van der Waals surface area (Å²) in [6, 6.07) is 17.0.